The van der Waals surface area contributed by atoms with Gasteiger partial charge in [-0.3, -0.25) is 4.79 Å². The molecule has 1 heterocycles. The van der Waals surface area contributed by atoms with E-state index in [0.29, 0.717) is 6.54 Å². The zero-order valence-corrected chi connectivity index (χ0v) is 11.0. The highest BCUT2D eigenvalue weighted by Crippen LogP contribution is 2.29. The van der Waals surface area contributed by atoms with E-state index in [1.807, 2.05) is 6.92 Å². The van der Waals surface area contributed by atoms with E-state index in [2.05, 4.69) is 10.3 Å². The first-order valence-corrected chi connectivity index (χ1v) is 7.02. The SMILES string of the molecule is CC(CN)C(=O)Nc1nc2c(s1)CCCCC2. The molecule has 2 rings (SSSR count). The van der Waals surface area contributed by atoms with Crippen molar-refractivity contribution in [3.8, 4) is 0 Å². The van der Waals surface area contributed by atoms with Crippen LogP contribution in [-0.2, 0) is 17.6 Å². The number of aryl methyl sites for hydroxylation is 2. The van der Waals surface area contributed by atoms with Gasteiger partial charge in [0.05, 0.1) is 5.69 Å². The zero-order valence-electron chi connectivity index (χ0n) is 10.2. The lowest BCUT2D eigenvalue weighted by atomic mass is 10.2. The fraction of sp³-hybridized carbons (Fsp3) is 0.667. The minimum absolute atomic E-state index is 0.0311. The van der Waals surface area contributed by atoms with E-state index < -0.39 is 0 Å². The third kappa shape index (κ3) is 3.04. The Morgan fingerprint density at radius 2 is 2.24 bits per heavy atom. The standard InChI is InChI=1S/C12H19N3OS/c1-8(7-13)11(16)15-12-14-9-5-3-2-4-6-10(9)17-12/h8H,2-7,13H2,1H3,(H,14,15,16). The number of hydrogen-bond acceptors (Lipinski definition) is 4. The highest BCUT2D eigenvalue weighted by atomic mass is 32.1. The molecule has 0 saturated heterocycles. The van der Waals surface area contributed by atoms with Crippen molar-refractivity contribution in [1.29, 1.82) is 0 Å². The molecule has 3 N–H and O–H groups in total. The van der Waals surface area contributed by atoms with Crippen LogP contribution >= 0.6 is 11.3 Å². The van der Waals surface area contributed by atoms with Crippen molar-refractivity contribution >= 4 is 22.4 Å². The molecule has 4 nitrogen and oxygen atoms in total. The summed E-state index contributed by atoms with van der Waals surface area (Å²) in [4.78, 5) is 17.6. The molecular formula is C12H19N3OS. The van der Waals surface area contributed by atoms with Crippen molar-refractivity contribution in [3.63, 3.8) is 0 Å². The monoisotopic (exact) mass is 253 g/mol. The van der Waals surface area contributed by atoms with E-state index in [1.165, 1.54) is 29.8 Å². The maximum Gasteiger partial charge on any atom is 0.230 e. The first-order chi connectivity index (χ1) is 8.20. The summed E-state index contributed by atoms with van der Waals surface area (Å²) in [5, 5.41) is 3.60. The summed E-state index contributed by atoms with van der Waals surface area (Å²) < 4.78 is 0. The quantitative estimate of drug-likeness (QED) is 0.809. The number of fused-ring (bicyclic) bond motifs is 1. The maximum atomic E-state index is 11.7. The van der Waals surface area contributed by atoms with Crippen LogP contribution in [0.3, 0.4) is 0 Å². The third-order valence-corrected chi connectivity index (χ3v) is 4.20. The summed E-state index contributed by atoms with van der Waals surface area (Å²) >= 11 is 1.62. The summed E-state index contributed by atoms with van der Waals surface area (Å²) in [6.07, 6.45) is 5.89. The number of amides is 1. The molecule has 0 aliphatic heterocycles. The number of nitrogens with zero attached hydrogens (tertiary/aromatic N) is 1. The fourth-order valence-corrected chi connectivity index (χ4v) is 2.97. The molecule has 1 aromatic rings. The molecule has 0 saturated carbocycles. The van der Waals surface area contributed by atoms with Crippen LogP contribution in [0.4, 0.5) is 5.13 Å². The number of hydrogen-bond donors (Lipinski definition) is 2. The summed E-state index contributed by atoms with van der Waals surface area (Å²) in [5.41, 5.74) is 6.65. The normalized spacial score (nSPS) is 17.1. The van der Waals surface area contributed by atoms with Crippen molar-refractivity contribution in [1.82, 2.24) is 4.98 Å². The molecule has 0 aromatic carbocycles. The number of carbonyl (C=O) groups is 1. The second-order valence-electron chi connectivity index (χ2n) is 4.58. The van der Waals surface area contributed by atoms with Crippen LogP contribution in [-0.4, -0.2) is 17.4 Å². The number of thiazole rings is 1. The second kappa shape index (κ2) is 5.60. The largest absolute Gasteiger partial charge is 0.330 e. The number of rotatable bonds is 3. The van der Waals surface area contributed by atoms with Gasteiger partial charge in [-0.05, 0) is 25.7 Å². The Bertz CT molecular complexity index is 379. The average Bonchev–Trinajstić information content (AvgIpc) is 2.57. The van der Waals surface area contributed by atoms with Gasteiger partial charge in [-0.1, -0.05) is 13.3 Å². The molecule has 1 aliphatic carbocycles. The Morgan fingerprint density at radius 1 is 1.47 bits per heavy atom. The van der Waals surface area contributed by atoms with Crippen LogP contribution in [0.15, 0.2) is 0 Å². The van der Waals surface area contributed by atoms with E-state index in [9.17, 15) is 4.79 Å². The van der Waals surface area contributed by atoms with Gasteiger partial charge in [-0.15, -0.1) is 11.3 Å². The van der Waals surface area contributed by atoms with Crippen molar-refractivity contribution in [2.24, 2.45) is 11.7 Å². The zero-order chi connectivity index (χ0) is 12.3. The Balaban J connectivity index is 2.05. The van der Waals surface area contributed by atoms with Crippen LogP contribution in [0.5, 0.6) is 0 Å². The molecular weight excluding hydrogens is 234 g/mol. The van der Waals surface area contributed by atoms with E-state index >= 15 is 0 Å². The molecule has 0 bridgehead atoms. The van der Waals surface area contributed by atoms with Gasteiger partial charge in [-0.25, -0.2) is 4.98 Å². The summed E-state index contributed by atoms with van der Waals surface area (Å²) in [7, 11) is 0. The molecule has 0 fully saturated rings. The van der Waals surface area contributed by atoms with Crippen LogP contribution in [0.25, 0.3) is 0 Å². The fourth-order valence-electron chi connectivity index (χ4n) is 1.92. The lowest BCUT2D eigenvalue weighted by Crippen LogP contribution is -2.26. The summed E-state index contributed by atoms with van der Waals surface area (Å²) in [5.74, 6) is -0.185. The average molecular weight is 253 g/mol. The molecule has 17 heavy (non-hydrogen) atoms. The van der Waals surface area contributed by atoms with Gasteiger partial charge in [0.1, 0.15) is 0 Å². The van der Waals surface area contributed by atoms with E-state index in [4.69, 9.17) is 5.73 Å². The minimum Gasteiger partial charge on any atom is -0.330 e. The van der Waals surface area contributed by atoms with E-state index in [0.717, 1.165) is 18.0 Å². The molecule has 94 valence electrons. The predicted octanol–water partition coefficient (Wildman–Crippen LogP) is 1.95. The molecule has 1 amide bonds. The van der Waals surface area contributed by atoms with Gasteiger partial charge in [0.15, 0.2) is 5.13 Å². The molecule has 0 spiro atoms. The van der Waals surface area contributed by atoms with Crippen LogP contribution in [0.1, 0.15) is 36.8 Å². The molecule has 1 aromatic heterocycles. The first-order valence-electron chi connectivity index (χ1n) is 6.20. The predicted molar refractivity (Wildman–Crippen MR) is 70.2 cm³/mol. The van der Waals surface area contributed by atoms with Crippen LogP contribution < -0.4 is 11.1 Å². The van der Waals surface area contributed by atoms with Crippen LogP contribution in [0.2, 0.25) is 0 Å². The Labute approximate surface area is 106 Å². The molecule has 1 unspecified atom stereocenters. The first kappa shape index (κ1) is 12.5. The van der Waals surface area contributed by atoms with Crippen molar-refractivity contribution < 1.29 is 4.79 Å². The van der Waals surface area contributed by atoms with Gasteiger partial charge in [0, 0.05) is 17.3 Å². The number of anilines is 1. The molecule has 0 radical (unpaired) electrons. The topological polar surface area (TPSA) is 68.0 Å². The number of nitrogens with one attached hydrogen (secondary N) is 1. The Morgan fingerprint density at radius 3 is 3.00 bits per heavy atom. The Kier molecular flexibility index (Phi) is 4.12. The summed E-state index contributed by atoms with van der Waals surface area (Å²) in [6.45, 7) is 2.20. The number of aromatic nitrogens is 1. The van der Waals surface area contributed by atoms with E-state index in [1.54, 1.807) is 11.3 Å². The van der Waals surface area contributed by atoms with Gasteiger partial charge in [-0.2, -0.15) is 0 Å². The third-order valence-electron chi connectivity index (χ3n) is 3.13. The highest BCUT2D eigenvalue weighted by molar-refractivity contribution is 7.15. The van der Waals surface area contributed by atoms with Crippen LogP contribution in [0, 0.1) is 5.92 Å². The van der Waals surface area contributed by atoms with E-state index in [-0.39, 0.29) is 11.8 Å². The minimum atomic E-state index is -0.154. The molecule has 1 aliphatic rings. The van der Waals surface area contributed by atoms with Crippen molar-refractivity contribution in [3.05, 3.63) is 10.6 Å². The second-order valence-corrected chi connectivity index (χ2v) is 5.66. The molecule has 1 atom stereocenters. The van der Waals surface area contributed by atoms with Gasteiger partial charge >= 0.3 is 0 Å². The van der Waals surface area contributed by atoms with Gasteiger partial charge in [0.25, 0.3) is 0 Å². The van der Waals surface area contributed by atoms with Crippen molar-refractivity contribution in [2.45, 2.75) is 39.0 Å². The molecule has 5 heteroatoms. The highest BCUT2D eigenvalue weighted by Gasteiger charge is 2.17. The smallest absolute Gasteiger partial charge is 0.230 e. The lowest BCUT2D eigenvalue weighted by Gasteiger charge is -2.06. The lowest BCUT2D eigenvalue weighted by molar-refractivity contribution is -0.119. The number of nitrogens with two attached hydrogens (primary N) is 1. The maximum absolute atomic E-state index is 11.7. The van der Waals surface area contributed by atoms with Crippen molar-refractivity contribution in [2.75, 3.05) is 11.9 Å². The summed E-state index contributed by atoms with van der Waals surface area (Å²) in [6, 6.07) is 0. The Hall–Kier alpha value is -0.940. The number of carbonyl (C=O) groups excluding carboxylic acids is 1. The van der Waals surface area contributed by atoms with Gasteiger partial charge < -0.3 is 11.1 Å². The van der Waals surface area contributed by atoms with Gasteiger partial charge in [0.2, 0.25) is 5.91 Å².